The first-order chi connectivity index (χ1) is 8.20. The standard InChI is InChI=1S/C11H14N4O2/c1-7-5-9(16)8(6-13-7)11-14-10(15-17-11)3-2-4-12/h5-6H,2-4,12H2,1H3,(H,13,16). The summed E-state index contributed by atoms with van der Waals surface area (Å²) >= 11 is 0. The Balaban J connectivity index is 2.27. The predicted octanol–water partition coefficient (Wildman–Crippen LogP) is 0.625. The molecule has 0 aliphatic heterocycles. The van der Waals surface area contributed by atoms with E-state index in [0.717, 1.165) is 12.1 Å². The Bertz CT molecular complexity index is 559. The van der Waals surface area contributed by atoms with Crippen LogP contribution in [0.25, 0.3) is 11.5 Å². The lowest BCUT2D eigenvalue weighted by molar-refractivity contribution is 0.421. The highest BCUT2D eigenvalue weighted by Crippen LogP contribution is 2.12. The second kappa shape index (κ2) is 4.92. The van der Waals surface area contributed by atoms with E-state index in [0.29, 0.717) is 24.4 Å². The first-order valence-corrected chi connectivity index (χ1v) is 5.43. The topological polar surface area (TPSA) is 97.8 Å². The highest BCUT2D eigenvalue weighted by molar-refractivity contribution is 5.50. The molecule has 17 heavy (non-hydrogen) atoms. The second-order valence-corrected chi connectivity index (χ2v) is 3.80. The average molecular weight is 234 g/mol. The van der Waals surface area contributed by atoms with Gasteiger partial charge in [-0.25, -0.2) is 0 Å². The van der Waals surface area contributed by atoms with Crippen LogP contribution in [0.4, 0.5) is 0 Å². The minimum absolute atomic E-state index is 0.129. The summed E-state index contributed by atoms with van der Waals surface area (Å²) in [6.07, 6.45) is 3.03. The van der Waals surface area contributed by atoms with Crippen LogP contribution in [0.3, 0.4) is 0 Å². The van der Waals surface area contributed by atoms with E-state index in [2.05, 4.69) is 15.1 Å². The fourth-order valence-corrected chi connectivity index (χ4v) is 1.47. The summed E-state index contributed by atoms with van der Waals surface area (Å²) in [5.41, 5.74) is 6.45. The number of nitrogens with zero attached hydrogens (tertiary/aromatic N) is 2. The van der Waals surface area contributed by atoms with Gasteiger partial charge in [0.25, 0.3) is 5.89 Å². The van der Waals surface area contributed by atoms with E-state index in [4.69, 9.17) is 10.3 Å². The highest BCUT2D eigenvalue weighted by Gasteiger charge is 2.11. The van der Waals surface area contributed by atoms with Crippen molar-refractivity contribution in [1.29, 1.82) is 0 Å². The molecule has 3 N–H and O–H groups in total. The minimum Gasteiger partial charge on any atom is -0.364 e. The van der Waals surface area contributed by atoms with Crippen LogP contribution in [-0.4, -0.2) is 21.7 Å². The highest BCUT2D eigenvalue weighted by atomic mass is 16.5. The lowest BCUT2D eigenvalue weighted by Crippen LogP contribution is -2.05. The smallest absolute Gasteiger partial charge is 0.263 e. The molecule has 0 aromatic carbocycles. The maximum atomic E-state index is 11.7. The van der Waals surface area contributed by atoms with Crippen LogP contribution < -0.4 is 11.2 Å². The molecule has 6 nitrogen and oxygen atoms in total. The largest absolute Gasteiger partial charge is 0.364 e. The van der Waals surface area contributed by atoms with E-state index in [1.165, 1.54) is 6.07 Å². The monoisotopic (exact) mass is 234 g/mol. The summed E-state index contributed by atoms with van der Waals surface area (Å²) in [5, 5.41) is 3.80. The lowest BCUT2D eigenvalue weighted by atomic mass is 10.2. The molecule has 0 saturated heterocycles. The van der Waals surface area contributed by atoms with E-state index in [9.17, 15) is 4.79 Å². The van der Waals surface area contributed by atoms with Gasteiger partial charge < -0.3 is 15.2 Å². The van der Waals surface area contributed by atoms with Crippen LogP contribution in [0.2, 0.25) is 0 Å². The van der Waals surface area contributed by atoms with Crippen molar-refractivity contribution in [1.82, 2.24) is 15.1 Å². The molecule has 0 unspecified atom stereocenters. The van der Waals surface area contributed by atoms with Crippen molar-refractivity contribution in [3.63, 3.8) is 0 Å². The van der Waals surface area contributed by atoms with Crippen molar-refractivity contribution in [3.05, 3.63) is 34.0 Å². The van der Waals surface area contributed by atoms with Gasteiger partial charge in [0.1, 0.15) is 5.56 Å². The molecule has 0 amide bonds. The fourth-order valence-electron chi connectivity index (χ4n) is 1.47. The first-order valence-electron chi connectivity index (χ1n) is 5.43. The summed E-state index contributed by atoms with van der Waals surface area (Å²) in [4.78, 5) is 18.8. The van der Waals surface area contributed by atoms with Crippen molar-refractivity contribution in [2.75, 3.05) is 6.54 Å². The van der Waals surface area contributed by atoms with Crippen LogP contribution in [-0.2, 0) is 6.42 Å². The molecule has 0 bridgehead atoms. The second-order valence-electron chi connectivity index (χ2n) is 3.80. The van der Waals surface area contributed by atoms with Gasteiger partial charge in [-0.1, -0.05) is 5.16 Å². The Morgan fingerprint density at radius 1 is 1.53 bits per heavy atom. The molecule has 6 heteroatoms. The predicted molar refractivity (Wildman–Crippen MR) is 62.5 cm³/mol. The van der Waals surface area contributed by atoms with Crippen LogP contribution in [0.5, 0.6) is 0 Å². The van der Waals surface area contributed by atoms with E-state index in [1.54, 1.807) is 6.20 Å². The van der Waals surface area contributed by atoms with Crippen molar-refractivity contribution in [2.24, 2.45) is 5.73 Å². The summed E-state index contributed by atoms with van der Waals surface area (Å²) in [6, 6.07) is 1.50. The van der Waals surface area contributed by atoms with Gasteiger partial charge in [0.2, 0.25) is 0 Å². The van der Waals surface area contributed by atoms with Gasteiger partial charge >= 0.3 is 0 Å². The number of H-pyrrole nitrogens is 1. The van der Waals surface area contributed by atoms with Crippen LogP contribution in [0.15, 0.2) is 21.6 Å². The number of nitrogens with one attached hydrogen (secondary N) is 1. The zero-order valence-corrected chi connectivity index (χ0v) is 9.56. The zero-order chi connectivity index (χ0) is 12.3. The normalized spacial score (nSPS) is 10.7. The van der Waals surface area contributed by atoms with Crippen molar-refractivity contribution >= 4 is 0 Å². The SMILES string of the molecule is Cc1cc(=O)c(-c2nc(CCCN)no2)c[nH]1. The molecule has 0 fully saturated rings. The van der Waals surface area contributed by atoms with Gasteiger partial charge in [0.15, 0.2) is 11.3 Å². The summed E-state index contributed by atoms with van der Waals surface area (Å²) < 4.78 is 5.05. The lowest BCUT2D eigenvalue weighted by Gasteiger charge is -1.94. The summed E-state index contributed by atoms with van der Waals surface area (Å²) in [5.74, 6) is 0.823. The van der Waals surface area contributed by atoms with Gasteiger partial charge in [-0.2, -0.15) is 4.98 Å². The van der Waals surface area contributed by atoms with Crippen molar-refractivity contribution < 1.29 is 4.52 Å². The molecule has 0 saturated carbocycles. The van der Waals surface area contributed by atoms with Gasteiger partial charge in [-0.15, -0.1) is 0 Å². The molecule has 0 aliphatic rings. The molecule has 0 radical (unpaired) electrons. The molecule has 0 atom stereocenters. The van der Waals surface area contributed by atoms with Crippen LogP contribution in [0, 0.1) is 6.92 Å². The van der Waals surface area contributed by atoms with Gasteiger partial charge in [0.05, 0.1) is 0 Å². The van der Waals surface area contributed by atoms with Crippen LogP contribution in [0.1, 0.15) is 17.9 Å². The number of hydrogen-bond acceptors (Lipinski definition) is 5. The van der Waals surface area contributed by atoms with E-state index < -0.39 is 0 Å². The van der Waals surface area contributed by atoms with E-state index >= 15 is 0 Å². The molecule has 2 aromatic rings. The van der Waals surface area contributed by atoms with Gasteiger partial charge in [-0.05, 0) is 19.9 Å². The molecule has 0 spiro atoms. The third-order valence-corrected chi connectivity index (χ3v) is 2.36. The first kappa shape index (κ1) is 11.5. The third kappa shape index (κ3) is 2.59. The maximum absolute atomic E-state index is 11.7. The summed E-state index contributed by atoms with van der Waals surface area (Å²) in [7, 11) is 0. The quantitative estimate of drug-likeness (QED) is 0.808. The number of rotatable bonds is 4. The Labute approximate surface area is 97.9 Å². The number of aromatic nitrogens is 3. The third-order valence-electron chi connectivity index (χ3n) is 2.36. The van der Waals surface area contributed by atoms with Gasteiger partial charge in [-0.3, -0.25) is 4.79 Å². The summed E-state index contributed by atoms with van der Waals surface area (Å²) in [6.45, 7) is 2.39. The van der Waals surface area contributed by atoms with E-state index in [1.807, 2.05) is 6.92 Å². The molecule has 90 valence electrons. The van der Waals surface area contributed by atoms with Gasteiger partial charge in [0, 0.05) is 24.4 Å². The fraction of sp³-hybridized carbons (Fsp3) is 0.364. The number of aromatic amines is 1. The van der Waals surface area contributed by atoms with Crippen molar-refractivity contribution in [3.8, 4) is 11.5 Å². The Morgan fingerprint density at radius 3 is 3.06 bits per heavy atom. The number of aryl methyl sites for hydroxylation is 2. The minimum atomic E-state index is -0.129. The number of nitrogens with two attached hydrogens (primary N) is 1. The number of hydrogen-bond donors (Lipinski definition) is 2. The molecule has 0 aliphatic carbocycles. The Morgan fingerprint density at radius 2 is 2.35 bits per heavy atom. The van der Waals surface area contributed by atoms with E-state index in [-0.39, 0.29) is 11.3 Å². The molecule has 2 aromatic heterocycles. The zero-order valence-electron chi connectivity index (χ0n) is 9.56. The Hall–Kier alpha value is -1.95. The van der Waals surface area contributed by atoms with Crippen molar-refractivity contribution in [2.45, 2.75) is 19.8 Å². The van der Waals surface area contributed by atoms with Crippen LogP contribution >= 0.6 is 0 Å². The Kier molecular flexibility index (Phi) is 3.34. The average Bonchev–Trinajstić information content (AvgIpc) is 2.75. The maximum Gasteiger partial charge on any atom is 0.263 e. The molecule has 2 heterocycles. The molecule has 2 rings (SSSR count). The molecular weight excluding hydrogens is 220 g/mol. The molecular formula is C11H14N4O2. The number of pyridine rings is 1.